The molecule has 4 nitrogen and oxygen atoms in total. The summed E-state index contributed by atoms with van der Waals surface area (Å²) < 4.78 is 0. The molecule has 0 aromatic rings. The van der Waals surface area contributed by atoms with Crippen LogP contribution in [0.5, 0.6) is 0 Å². The first kappa shape index (κ1) is 13.7. The number of hydrogen-bond donors (Lipinski definition) is 2. The fourth-order valence-corrected chi connectivity index (χ4v) is 1.15. The summed E-state index contributed by atoms with van der Waals surface area (Å²) in [7, 11) is 0. The van der Waals surface area contributed by atoms with Crippen LogP contribution in [0.2, 0.25) is 0 Å². The third-order valence-electron chi connectivity index (χ3n) is 1.94. The topological polar surface area (TPSA) is 74.6 Å². The molecule has 2 N–H and O–H groups in total. The van der Waals surface area contributed by atoms with Crippen molar-refractivity contribution >= 4 is 11.9 Å². The van der Waals surface area contributed by atoms with Gasteiger partial charge in [0.05, 0.1) is 0 Å². The molecule has 0 aliphatic rings. The Bertz CT molecular complexity index is 221. The Balaban J connectivity index is 3.17. The summed E-state index contributed by atoms with van der Waals surface area (Å²) in [5, 5.41) is 16.7. The van der Waals surface area contributed by atoms with Gasteiger partial charge in [-0.3, -0.25) is 9.59 Å². The molecule has 0 rings (SSSR count). The summed E-state index contributed by atoms with van der Waals surface area (Å²) in [4.78, 5) is 20.3. The van der Waals surface area contributed by atoms with Gasteiger partial charge in [0.2, 0.25) is 0 Å². The van der Waals surface area contributed by atoms with Crippen molar-refractivity contribution in [2.45, 2.75) is 44.9 Å². The Morgan fingerprint density at radius 1 is 0.800 bits per heavy atom. The van der Waals surface area contributed by atoms with Gasteiger partial charge in [-0.1, -0.05) is 12.2 Å². The van der Waals surface area contributed by atoms with Crippen molar-refractivity contribution in [2.24, 2.45) is 0 Å². The Morgan fingerprint density at radius 3 is 1.80 bits per heavy atom. The summed E-state index contributed by atoms with van der Waals surface area (Å²) in [6.07, 6.45) is 8.30. The molecule has 0 amide bonds. The number of allylic oxidation sites excluding steroid dienone is 2. The first-order valence-corrected chi connectivity index (χ1v) is 5.21. The zero-order chi connectivity index (χ0) is 11.5. The Kier molecular flexibility index (Phi) is 8.43. The molecule has 0 aliphatic carbocycles. The molecule has 0 atom stereocenters. The van der Waals surface area contributed by atoms with E-state index in [-0.39, 0.29) is 12.8 Å². The summed E-state index contributed by atoms with van der Waals surface area (Å²) in [6.45, 7) is 0. The van der Waals surface area contributed by atoms with E-state index in [0.717, 1.165) is 19.3 Å². The quantitative estimate of drug-likeness (QED) is 0.456. The number of unbranched alkanes of at least 4 members (excludes halogenated alkanes) is 3. The molecular formula is C11H18O4. The van der Waals surface area contributed by atoms with Gasteiger partial charge in [0.1, 0.15) is 0 Å². The lowest BCUT2D eigenvalue weighted by Crippen LogP contribution is -1.93. The molecule has 0 heterocycles. The van der Waals surface area contributed by atoms with Crippen molar-refractivity contribution in [3.8, 4) is 0 Å². The van der Waals surface area contributed by atoms with Crippen LogP contribution in [0.3, 0.4) is 0 Å². The molecule has 0 aliphatic heterocycles. The number of hydrogen-bond acceptors (Lipinski definition) is 2. The van der Waals surface area contributed by atoms with E-state index in [1.165, 1.54) is 0 Å². The van der Waals surface area contributed by atoms with Crippen molar-refractivity contribution in [3.05, 3.63) is 12.2 Å². The standard InChI is InChI=1S/C11H18O4/c12-10(13)8-6-4-2-1-3-5-7-9-11(14)15/h1-2H,3-9H2,(H,12,13)(H,14,15). The van der Waals surface area contributed by atoms with E-state index < -0.39 is 11.9 Å². The predicted molar refractivity (Wildman–Crippen MR) is 56.7 cm³/mol. The molecule has 0 aromatic heterocycles. The maximum Gasteiger partial charge on any atom is 0.303 e. The van der Waals surface area contributed by atoms with Crippen LogP contribution in [0.15, 0.2) is 12.2 Å². The van der Waals surface area contributed by atoms with Crippen LogP contribution in [0.1, 0.15) is 44.9 Å². The summed E-state index contributed by atoms with van der Waals surface area (Å²) in [5.41, 5.74) is 0. The Hall–Kier alpha value is -1.32. The van der Waals surface area contributed by atoms with Gasteiger partial charge in [-0.15, -0.1) is 0 Å². The van der Waals surface area contributed by atoms with Gasteiger partial charge in [-0.05, 0) is 32.1 Å². The number of carbonyl (C=O) groups is 2. The molecule has 0 bridgehead atoms. The van der Waals surface area contributed by atoms with Crippen molar-refractivity contribution < 1.29 is 19.8 Å². The van der Waals surface area contributed by atoms with Crippen LogP contribution in [0, 0.1) is 0 Å². The molecular weight excluding hydrogens is 196 g/mol. The van der Waals surface area contributed by atoms with Gasteiger partial charge in [0.15, 0.2) is 0 Å². The highest BCUT2D eigenvalue weighted by Gasteiger charge is 1.95. The SMILES string of the molecule is O=C(O)CCCC=CCCCCC(=O)O. The minimum absolute atomic E-state index is 0.212. The number of rotatable bonds is 9. The molecule has 15 heavy (non-hydrogen) atoms. The van der Waals surface area contributed by atoms with Crippen LogP contribution >= 0.6 is 0 Å². The highest BCUT2D eigenvalue weighted by molar-refractivity contribution is 5.66. The van der Waals surface area contributed by atoms with Crippen LogP contribution in [-0.4, -0.2) is 22.2 Å². The molecule has 0 spiro atoms. The molecule has 0 fully saturated rings. The maximum atomic E-state index is 10.2. The largest absolute Gasteiger partial charge is 0.481 e. The summed E-state index contributed by atoms with van der Waals surface area (Å²) in [6, 6.07) is 0. The molecule has 0 aromatic carbocycles. The monoisotopic (exact) mass is 214 g/mol. The minimum Gasteiger partial charge on any atom is -0.481 e. The smallest absolute Gasteiger partial charge is 0.303 e. The maximum absolute atomic E-state index is 10.2. The molecule has 0 saturated carbocycles. The Morgan fingerprint density at radius 2 is 1.27 bits per heavy atom. The zero-order valence-corrected chi connectivity index (χ0v) is 8.82. The molecule has 0 saturated heterocycles. The predicted octanol–water partition coefficient (Wildman–Crippen LogP) is 2.44. The Labute approximate surface area is 89.6 Å². The molecule has 0 radical (unpaired) electrons. The van der Waals surface area contributed by atoms with Gasteiger partial charge in [0.25, 0.3) is 0 Å². The second kappa shape index (κ2) is 9.24. The van der Waals surface area contributed by atoms with Crippen LogP contribution in [-0.2, 0) is 9.59 Å². The van der Waals surface area contributed by atoms with Gasteiger partial charge in [-0.2, -0.15) is 0 Å². The average molecular weight is 214 g/mol. The highest BCUT2D eigenvalue weighted by Crippen LogP contribution is 2.02. The van der Waals surface area contributed by atoms with E-state index in [1.807, 2.05) is 12.2 Å². The normalized spacial score (nSPS) is 10.7. The second-order valence-electron chi connectivity index (χ2n) is 3.40. The van der Waals surface area contributed by atoms with Gasteiger partial charge in [-0.25, -0.2) is 0 Å². The number of aliphatic carboxylic acids is 2. The van der Waals surface area contributed by atoms with Crippen LogP contribution in [0.4, 0.5) is 0 Å². The zero-order valence-electron chi connectivity index (χ0n) is 8.82. The average Bonchev–Trinajstić information content (AvgIpc) is 2.14. The number of carboxylic acids is 2. The van der Waals surface area contributed by atoms with Gasteiger partial charge >= 0.3 is 11.9 Å². The summed E-state index contributed by atoms with van der Waals surface area (Å²) in [5.74, 6) is -1.51. The van der Waals surface area contributed by atoms with Crippen molar-refractivity contribution in [1.82, 2.24) is 0 Å². The van der Waals surface area contributed by atoms with Crippen molar-refractivity contribution in [1.29, 1.82) is 0 Å². The van der Waals surface area contributed by atoms with E-state index in [9.17, 15) is 9.59 Å². The van der Waals surface area contributed by atoms with Crippen LogP contribution in [0.25, 0.3) is 0 Å². The third kappa shape index (κ3) is 12.7. The van der Waals surface area contributed by atoms with Crippen molar-refractivity contribution in [2.75, 3.05) is 0 Å². The van der Waals surface area contributed by atoms with Crippen LogP contribution < -0.4 is 0 Å². The lowest BCUT2D eigenvalue weighted by Gasteiger charge is -1.93. The lowest BCUT2D eigenvalue weighted by atomic mass is 10.1. The molecule has 0 unspecified atom stereocenters. The van der Waals surface area contributed by atoms with Crippen molar-refractivity contribution in [3.63, 3.8) is 0 Å². The lowest BCUT2D eigenvalue weighted by molar-refractivity contribution is -0.138. The second-order valence-corrected chi connectivity index (χ2v) is 3.40. The van der Waals surface area contributed by atoms with E-state index in [4.69, 9.17) is 10.2 Å². The first-order valence-electron chi connectivity index (χ1n) is 5.21. The first-order chi connectivity index (χ1) is 7.13. The highest BCUT2D eigenvalue weighted by atomic mass is 16.4. The van der Waals surface area contributed by atoms with E-state index in [1.54, 1.807) is 0 Å². The molecule has 4 heteroatoms. The minimum atomic E-state index is -0.759. The third-order valence-corrected chi connectivity index (χ3v) is 1.94. The molecule has 86 valence electrons. The van der Waals surface area contributed by atoms with Gasteiger partial charge < -0.3 is 10.2 Å². The van der Waals surface area contributed by atoms with E-state index >= 15 is 0 Å². The number of carboxylic acid groups (broad SMARTS) is 2. The van der Waals surface area contributed by atoms with Gasteiger partial charge in [0, 0.05) is 12.8 Å². The summed E-state index contributed by atoms with van der Waals surface area (Å²) >= 11 is 0. The fraction of sp³-hybridized carbons (Fsp3) is 0.636. The van der Waals surface area contributed by atoms with E-state index in [0.29, 0.717) is 12.8 Å². The van der Waals surface area contributed by atoms with E-state index in [2.05, 4.69) is 0 Å². The fourth-order valence-electron chi connectivity index (χ4n) is 1.15.